The van der Waals surface area contributed by atoms with Crippen molar-refractivity contribution in [2.45, 2.75) is 13.5 Å². The van der Waals surface area contributed by atoms with Crippen LogP contribution in [0.1, 0.15) is 16.3 Å². The van der Waals surface area contributed by atoms with Crippen LogP contribution in [-0.2, 0) is 6.61 Å². The highest BCUT2D eigenvalue weighted by Gasteiger charge is 2.12. The number of ether oxygens (including phenoxy) is 1. The number of nitrogens with two attached hydrogens (primary N) is 1. The molecular weight excluding hydrogens is 271 g/mol. The average molecular weight is 282 g/mol. The number of thiazole rings is 1. The summed E-state index contributed by atoms with van der Waals surface area (Å²) in [5.74, 6) is -0.136. The average Bonchev–Trinajstić information content (AvgIpc) is 2.72. The van der Waals surface area contributed by atoms with Gasteiger partial charge >= 0.3 is 0 Å². The van der Waals surface area contributed by atoms with Crippen LogP contribution in [0.25, 0.3) is 0 Å². The van der Waals surface area contributed by atoms with Gasteiger partial charge in [0.1, 0.15) is 23.2 Å². The van der Waals surface area contributed by atoms with Gasteiger partial charge in [0.15, 0.2) is 0 Å². The molecular formula is C12H11FN2OS2. The van der Waals surface area contributed by atoms with E-state index in [1.807, 2.05) is 12.3 Å². The summed E-state index contributed by atoms with van der Waals surface area (Å²) in [6.07, 6.45) is 0. The summed E-state index contributed by atoms with van der Waals surface area (Å²) in [5, 5.41) is 2.86. The first-order valence-corrected chi connectivity index (χ1v) is 6.49. The molecule has 0 amide bonds. The number of benzene rings is 1. The van der Waals surface area contributed by atoms with E-state index < -0.39 is 5.82 Å². The van der Waals surface area contributed by atoms with E-state index in [2.05, 4.69) is 4.98 Å². The lowest BCUT2D eigenvalue weighted by Gasteiger charge is -2.10. The second-order valence-electron chi connectivity index (χ2n) is 3.62. The van der Waals surface area contributed by atoms with Crippen molar-refractivity contribution >= 4 is 28.5 Å². The second kappa shape index (κ2) is 5.41. The van der Waals surface area contributed by atoms with Gasteiger partial charge in [0.25, 0.3) is 0 Å². The SMILES string of the molecule is Cc1nc(COc2cccc(F)c2C(N)=S)cs1. The zero-order valence-corrected chi connectivity index (χ0v) is 11.3. The fourth-order valence-corrected chi connectivity index (χ4v) is 2.29. The first-order chi connectivity index (χ1) is 8.58. The van der Waals surface area contributed by atoms with Gasteiger partial charge < -0.3 is 10.5 Å². The minimum atomic E-state index is -0.477. The Kier molecular flexibility index (Phi) is 3.88. The molecule has 6 heteroatoms. The zero-order chi connectivity index (χ0) is 13.1. The van der Waals surface area contributed by atoms with E-state index >= 15 is 0 Å². The Morgan fingerprint density at radius 2 is 2.33 bits per heavy atom. The van der Waals surface area contributed by atoms with Crippen LogP contribution < -0.4 is 10.5 Å². The van der Waals surface area contributed by atoms with Crippen molar-refractivity contribution in [3.8, 4) is 5.75 Å². The van der Waals surface area contributed by atoms with Crippen molar-refractivity contribution < 1.29 is 9.13 Å². The minimum Gasteiger partial charge on any atom is -0.486 e. The van der Waals surface area contributed by atoms with Crippen molar-refractivity contribution in [2.24, 2.45) is 5.73 Å². The zero-order valence-electron chi connectivity index (χ0n) is 9.64. The van der Waals surface area contributed by atoms with Crippen molar-refractivity contribution in [2.75, 3.05) is 0 Å². The predicted octanol–water partition coefficient (Wildman–Crippen LogP) is 2.80. The van der Waals surface area contributed by atoms with E-state index in [1.54, 1.807) is 12.1 Å². The Bertz CT molecular complexity index is 583. The van der Waals surface area contributed by atoms with Crippen LogP contribution in [0.2, 0.25) is 0 Å². The summed E-state index contributed by atoms with van der Waals surface area (Å²) < 4.78 is 19.1. The summed E-state index contributed by atoms with van der Waals surface area (Å²) in [7, 11) is 0. The van der Waals surface area contributed by atoms with Crippen molar-refractivity contribution in [1.29, 1.82) is 0 Å². The Balaban J connectivity index is 2.19. The lowest BCUT2D eigenvalue weighted by atomic mass is 10.2. The van der Waals surface area contributed by atoms with Crippen LogP contribution in [-0.4, -0.2) is 9.97 Å². The third-order valence-corrected chi connectivity index (χ3v) is 3.29. The number of aromatic nitrogens is 1. The molecule has 0 fully saturated rings. The number of hydrogen-bond donors (Lipinski definition) is 1. The number of thiocarbonyl (C=S) groups is 1. The van der Waals surface area contributed by atoms with Gasteiger partial charge in [-0.2, -0.15) is 0 Å². The first kappa shape index (κ1) is 12.9. The van der Waals surface area contributed by atoms with E-state index in [4.69, 9.17) is 22.7 Å². The third-order valence-electron chi connectivity index (χ3n) is 2.26. The number of hydrogen-bond acceptors (Lipinski definition) is 4. The number of rotatable bonds is 4. The third kappa shape index (κ3) is 2.83. The maximum Gasteiger partial charge on any atom is 0.137 e. The van der Waals surface area contributed by atoms with Gasteiger partial charge in [-0.25, -0.2) is 9.37 Å². The highest BCUT2D eigenvalue weighted by Crippen LogP contribution is 2.22. The van der Waals surface area contributed by atoms with Gasteiger partial charge in [-0.3, -0.25) is 0 Å². The molecule has 3 nitrogen and oxygen atoms in total. The smallest absolute Gasteiger partial charge is 0.137 e. The van der Waals surface area contributed by atoms with Gasteiger partial charge in [-0.1, -0.05) is 18.3 Å². The summed E-state index contributed by atoms with van der Waals surface area (Å²) in [6, 6.07) is 4.49. The molecule has 0 aliphatic carbocycles. The summed E-state index contributed by atoms with van der Waals surface area (Å²) >= 11 is 6.35. The van der Waals surface area contributed by atoms with Crippen molar-refractivity contribution in [1.82, 2.24) is 4.98 Å². The molecule has 0 unspecified atom stereocenters. The molecule has 0 saturated heterocycles. The summed E-state index contributed by atoms with van der Waals surface area (Å²) in [4.78, 5) is 4.24. The Labute approximate surface area is 113 Å². The largest absolute Gasteiger partial charge is 0.486 e. The number of halogens is 1. The van der Waals surface area contributed by atoms with Crippen LogP contribution in [0.3, 0.4) is 0 Å². The topological polar surface area (TPSA) is 48.1 Å². The first-order valence-electron chi connectivity index (χ1n) is 5.20. The van der Waals surface area contributed by atoms with Gasteiger partial charge in [-0.05, 0) is 19.1 Å². The standard InChI is InChI=1S/C12H11FN2OS2/c1-7-15-8(6-18-7)5-16-10-4-2-3-9(13)11(10)12(14)17/h2-4,6H,5H2,1H3,(H2,14,17). The van der Waals surface area contributed by atoms with Gasteiger partial charge in [-0.15, -0.1) is 11.3 Å². The Morgan fingerprint density at radius 3 is 2.94 bits per heavy atom. The Morgan fingerprint density at radius 1 is 1.56 bits per heavy atom. The minimum absolute atomic E-state index is 0.0161. The highest BCUT2D eigenvalue weighted by atomic mass is 32.1. The van der Waals surface area contributed by atoms with Crippen molar-refractivity contribution in [3.05, 3.63) is 45.7 Å². The van der Waals surface area contributed by atoms with E-state index in [1.165, 1.54) is 17.4 Å². The molecule has 2 rings (SSSR count). The normalized spacial score (nSPS) is 10.3. The lowest BCUT2D eigenvalue weighted by Crippen LogP contribution is -2.14. The van der Waals surface area contributed by atoms with Gasteiger partial charge in [0, 0.05) is 5.38 Å². The van der Waals surface area contributed by atoms with Crippen LogP contribution in [0.15, 0.2) is 23.6 Å². The molecule has 2 aromatic rings. The van der Waals surface area contributed by atoms with Crippen LogP contribution in [0, 0.1) is 12.7 Å². The lowest BCUT2D eigenvalue weighted by molar-refractivity contribution is 0.300. The van der Waals surface area contributed by atoms with Crippen LogP contribution in [0.5, 0.6) is 5.75 Å². The molecule has 1 heterocycles. The quantitative estimate of drug-likeness (QED) is 0.876. The summed E-state index contributed by atoms with van der Waals surface area (Å²) in [6.45, 7) is 2.18. The maximum atomic E-state index is 13.6. The maximum absolute atomic E-state index is 13.6. The van der Waals surface area contributed by atoms with E-state index in [9.17, 15) is 4.39 Å². The molecule has 0 spiro atoms. The fraction of sp³-hybridized carbons (Fsp3) is 0.167. The predicted molar refractivity (Wildman–Crippen MR) is 73.5 cm³/mol. The molecule has 0 bridgehead atoms. The molecule has 1 aromatic carbocycles. The van der Waals surface area contributed by atoms with E-state index in [-0.39, 0.29) is 17.2 Å². The number of nitrogens with zero attached hydrogens (tertiary/aromatic N) is 1. The molecule has 1 aromatic heterocycles. The summed E-state index contributed by atoms with van der Waals surface area (Å²) in [5.41, 5.74) is 6.43. The fourth-order valence-electron chi connectivity index (χ4n) is 1.49. The molecule has 0 aliphatic heterocycles. The monoisotopic (exact) mass is 282 g/mol. The molecule has 0 saturated carbocycles. The Hall–Kier alpha value is -1.53. The molecule has 18 heavy (non-hydrogen) atoms. The highest BCUT2D eigenvalue weighted by molar-refractivity contribution is 7.80. The molecule has 0 radical (unpaired) electrons. The van der Waals surface area contributed by atoms with Gasteiger partial charge in [0.05, 0.1) is 16.3 Å². The van der Waals surface area contributed by atoms with Crippen molar-refractivity contribution in [3.63, 3.8) is 0 Å². The number of aryl methyl sites for hydroxylation is 1. The van der Waals surface area contributed by atoms with Crippen LogP contribution >= 0.6 is 23.6 Å². The second-order valence-corrected chi connectivity index (χ2v) is 5.13. The van der Waals surface area contributed by atoms with Crippen LogP contribution in [0.4, 0.5) is 4.39 Å². The molecule has 0 atom stereocenters. The van der Waals surface area contributed by atoms with E-state index in [0.717, 1.165) is 10.7 Å². The molecule has 94 valence electrons. The molecule has 0 aliphatic rings. The van der Waals surface area contributed by atoms with E-state index in [0.29, 0.717) is 5.75 Å². The van der Waals surface area contributed by atoms with Gasteiger partial charge in [0.2, 0.25) is 0 Å². The molecule has 2 N–H and O–H groups in total.